The van der Waals surface area contributed by atoms with Crippen LogP contribution in [0.3, 0.4) is 0 Å². The lowest BCUT2D eigenvalue weighted by molar-refractivity contribution is 0.497. The number of hydrogen-bond donors (Lipinski definition) is 1. The summed E-state index contributed by atoms with van der Waals surface area (Å²) in [5.74, 6) is 1.98. The van der Waals surface area contributed by atoms with Crippen LogP contribution < -0.4 is 5.32 Å². The van der Waals surface area contributed by atoms with Gasteiger partial charge in [-0.1, -0.05) is 27.2 Å². The molecule has 1 N–H and O–H groups in total. The van der Waals surface area contributed by atoms with Crippen molar-refractivity contribution in [2.24, 2.45) is 28.0 Å². The van der Waals surface area contributed by atoms with Crippen molar-refractivity contribution < 1.29 is 0 Å². The van der Waals surface area contributed by atoms with Crippen molar-refractivity contribution >= 4 is 11.9 Å². The summed E-state index contributed by atoms with van der Waals surface area (Å²) in [5, 5.41) is 11.8. The van der Waals surface area contributed by atoms with Gasteiger partial charge >= 0.3 is 0 Å². The van der Waals surface area contributed by atoms with E-state index in [-0.39, 0.29) is 0 Å². The third-order valence-electron chi connectivity index (χ3n) is 3.68. The van der Waals surface area contributed by atoms with Crippen LogP contribution in [0.4, 0.5) is 0 Å². The summed E-state index contributed by atoms with van der Waals surface area (Å²) in [4.78, 5) is 0. The average molecular weight is 251 g/mol. The Morgan fingerprint density at radius 3 is 2.78 bits per heavy atom. The first-order chi connectivity index (χ1) is 8.63. The van der Waals surface area contributed by atoms with Gasteiger partial charge in [0.25, 0.3) is 0 Å². The SMILES string of the molecule is CNCCCC(C)C1=NN=CC(CCC(C)C)C1. The first-order valence-electron chi connectivity index (χ1n) is 7.38. The molecule has 0 saturated heterocycles. The minimum Gasteiger partial charge on any atom is -0.320 e. The van der Waals surface area contributed by atoms with Gasteiger partial charge in [0.15, 0.2) is 0 Å². The molecule has 0 spiro atoms. The van der Waals surface area contributed by atoms with Gasteiger partial charge in [-0.3, -0.25) is 0 Å². The Morgan fingerprint density at radius 2 is 2.11 bits per heavy atom. The molecule has 3 nitrogen and oxygen atoms in total. The fourth-order valence-electron chi connectivity index (χ4n) is 2.34. The lowest BCUT2D eigenvalue weighted by atomic mass is 9.88. The smallest absolute Gasteiger partial charge is 0.0440 e. The molecular weight excluding hydrogens is 222 g/mol. The predicted octanol–water partition coefficient (Wildman–Crippen LogP) is 3.51. The zero-order valence-corrected chi connectivity index (χ0v) is 12.4. The molecule has 1 heterocycles. The predicted molar refractivity (Wildman–Crippen MR) is 80.4 cm³/mol. The Morgan fingerprint density at radius 1 is 1.33 bits per heavy atom. The number of nitrogens with zero attached hydrogens (tertiary/aromatic N) is 2. The van der Waals surface area contributed by atoms with Crippen molar-refractivity contribution in [3.05, 3.63) is 0 Å². The van der Waals surface area contributed by atoms with E-state index < -0.39 is 0 Å². The fraction of sp³-hybridized carbons (Fsp3) is 0.867. The highest BCUT2D eigenvalue weighted by atomic mass is 15.2. The molecule has 0 amide bonds. The van der Waals surface area contributed by atoms with Gasteiger partial charge in [0.05, 0.1) is 0 Å². The van der Waals surface area contributed by atoms with E-state index in [1.165, 1.54) is 31.4 Å². The molecule has 2 unspecified atom stereocenters. The van der Waals surface area contributed by atoms with E-state index >= 15 is 0 Å². The van der Waals surface area contributed by atoms with E-state index in [2.05, 4.69) is 36.3 Å². The van der Waals surface area contributed by atoms with E-state index in [9.17, 15) is 0 Å². The Hall–Kier alpha value is -0.700. The number of hydrogen-bond acceptors (Lipinski definition) is 3. The second kappa shape index (κ2) is 8.41. The number of nitrogens with one attached hydrogen (secondary N) is 1. The zero-order chi connectivity index (χ0) is 13.4. The molecule has 2 atom stereocenters. The van der Waals surface area contributed by atoms with Crippen LogP contribution in [0.5, 0.6) is 0 Å². The molecule has 1 rings (SSSR count). The molecule has 1 aliphatic rings. The molecule has 104 valence electrons. The highest BCUT2D eigenvalue weighted by Gasteiger charge is 2.19. The second-order valence-electron chi connectivity index (χ2n) is 5.94. The number of rotatable bonds is 8. The van der Waals surface area contributed by atoms with Crippen LogP contribution in [0.1, 0.15) is 52.9 Å². The molecule has 0 aromatic heterocycles. The van der Waals surface area contributed by atoms with E-state index in [0.29, 0.717) is 11.8 Å². The van der Waals surface area contributed by atoms with Crippen LogP contribution in [0.2, 0.25) is 0 Å². The third kappa shape index (κ3) is 5.76. The van der Waals surface area contributed by atoms with Gasteiger partial charge in [0.1, 0.15) is 0 Å². The standard InChI is InChI=1S/C15H29N3/c1-12(2)7-8-14-10-15(18-17-11-14)13(3)6-5-9-16-4/h11-14,16H,5-10H2,1-4H3. The van der Waals surface area contributed by atoms with Gasteiger partial charge in [-0.05, 0) is 51.1 Å². The first-order valence-corrected chi connectivity index (χ1v) is 7.38. The summed E-state index contributed by atoms with van der Waals surface area (Å²) in [6.07, 6.45) is 8.15. The topological polar surface area (TPSA) is 36.8 Å². The second-order valence-corrected chi connectivity index (χ2v) is 5.94. The van der Waals surface area contributed by atoms with Crippen LogP contribution in [0.15, 0.2) is 10.2 Å². The fourth-order valence-corrected chi connectivity index (χ4v) is 2.34. The van der Waals surface area contributed by atoms with E-state index in [1.807, 2.05) is 13.3 Å². The summed E-state index contributed by atoms with van der Waals surface area (Å²) < 4.78 is 0. The average Bonchev–Trinajstić information content (AvgIpc) is 2.37. The van der Waals surface area contributed by atoms with E-state index in [4.69, 9.17) is 0 Å². The van der Waals surface area contributed by atoms with Crippen LogP contribution in [-0.2, 0) is 0 Å². The Bertz CT molecular complexity index is 281. The largest absolute Gasteiger partial charge is 0.320 e. The van der Waals surface area contributed by atoms with Gasteiger partial charge < -0.3 is 5.32 Å². The first kappa shape index (κ1) is 15.4. The summed E-state index contributed by atoms with van der Waals surface area (Å²) in [6.45, 7) is 7.96. The summed E-state index contributed by atoms with van der Waals surface area (Å²) in [5.41, 5.74) is 1.31. The minimum atomic E-state index is 0.581. The molecule has 18 heavy (non-hydrogen) atoms. The Kier molecular flexibility index (Phi) is 7.18. The lowest BCUT2D eigenvalue weighted by Crippen LogP contribution is -2.21. The van der Waals surface area contributed by atoms with E-state index in [1.54, 1.807) is 0 Å². The molecular formula is C15H29N3. The molecule has 0 aliphatic carbocycles. The molecule has 0 bridgehead atoms. The van der Waals surface area contributed by atoms with Crippen molar-refractivity contribution in [2.45, 2.75) is 52.9 Å². The molecule has 3 heteroatoms. The third-order valence-corrected chi connectivity index (χ3v) is 3.68. The Balaban J connectivity index is 2.34. The highest BCUT2D eigenvalue weighted by molar-refractivity contribution is 5.90. The highest BCUT2D eigenvalue weighted by Crippen LogP contribution is 2.22. The molecule has 0 fully saturated rings. The minimum absolute atomic E-state index is 0.581. The summed E-state index contributed by atoms with van der Waals surface area (Å²) in [7, 11) is 2.01. The van der Waals surface area contributed by atoms with Crippen LogP contribution in [-0.4, -0.2) is 25.5 Å². The van der Waals surface area contributed by atoms with Crippen molar-refractivity contribution in [2.75, 3.05) is 13.6 Å². The Labute approximate surface area is 112 Å². The molecule has 0 radical (unpaired) electrons. The van der Waals surface area contributed by atoms with Crippen LogP contribution in [0.25, 0.3) is 0 Å². The molecule has 0 aromatic carbocycles. The normalized spacial score (nSPS) is 21.2. The van der Waals surface area contributed by atoms with Gasteiger partial charge in [0, 0.05) is 17.8 Å². The van der Waals surface area contributed by atoms with Crippen molar-refractivity contribution in [1.82, 2.24) is 5.32 Å². The van der Waals surface area contributed by atoms with E-state index in [0.717, 1.165) is 18.9 Å². The maximum absolute atomic E-state index is 4.35. The zero-order valence-electron chi connectivity index (χ0n) is 12.4. The van der Waals surface area contributed by atoms with Crippen molar-refractivity contribution in [3.8, 4) is 0 Å². The maximum atomic E-state index is 4.35. The van der Waals surface area contributed by atoms with Crippen molar-refractivity contribution in [1.29, 1.82) is 0 Å². The van der Waals surface area contributed by atoms with Gasteiger partial charge in [0.2, 0.25) is 0 Å². The molecule has 1 aliphatic heterocycles. The van der Waals surface area contributed by atoms with Crippen LogP contribution in [0, 0.1) is 17.8 Å². The molecule has 0 aromatic rings. The monoisotopic (exact) mass is 251 g/mol. The van der Waals surface area contributed by atoms with Crippen LogP contribution >= 0.6 is 0 Å². The molecule has 0 saturated carbocycles. The summed E-state index contributed by atoms with van der Waals surface area (Å²) >= 11 is 0. The van der Waals surface area contributed by atoms with Gasteiger partial charge in [-0.15, -0.1) is 0 Å². The maximum Gasteiger partial charge on any atom is 0.0440 e. The van der Waals surface area contributed by atoms with Crippen molar-refractivity contribution in [3.63, 3.8) is 0 Å². The van der Waals surface area contributed by atoms with Gasteiger partial charge in [-0.2, -0.15) is 10.2 Å². The quantitative estimate of drug-likeness (QED) is 0.659. The summed E-state index contributed by atoms with van der Waals surface area (Å²) in [6, 6.07) is 0. The van der Waals surface area contributed by atoms with Gasteiger partial charge in [-0.25, -0.2) is 0 Å². The lowest BCUT2D eigenvalue weighted by Gasteiger charge is -2.21.